The van der Waals surface area contributed by atoms with Gasteiger partial charge in [0, 0.05) is 32.2 Å². The zero-order chi connectivity index (χ0) is 17.1. The lowest BCUT2D eigenvalue weighted by Gasteiger charge is -2.32. The van der Waals surface area contributed by atoms with Crippen molar-refractivity contribution in [2.45, 2.75) is 25.8 Å². The van der Waals surface area contributed by atoms with Crippen LogP contribution in [-0.4, -0.2) is 56.8 Å². The van der Waals surface area contributed by atoms with Crippen molar-refractivity contribution < 1.29 is 9.53 Å². The first-order chi connectivity index (χ1) is 11.6. The van der Waals surface area contributed by atoms with Gasteiger partial charge in [-0.2, -0.15) is 5.10 Å². The molecule has 0 bridgehead atoms. The van der Waals surface area contributed by atoms with Crippen molar-refractivity contribution in [3.63, 3.8) is 0 Å². The SMILES string of the molecule is COc1cc(NC2CCN(C(=O)c3cc(C)nn3C)CC2)ncn1. The molecule has 24 heavy (non-hydrogen) atoms. The molecule has 128 valence electrons. The van der Waals surface area contributed by atoms with E-state index in [1.165, 1.54) is 6.33 Å². The number of ether oxygens (including phenoxy) is 1. The number of likely N-dealkylation sites (tertiary alicyclic amines) is 1. The van der Waals surface area contributed by atoms with E-state index in [4.69, 9.17) is 4.74 Å². The average molecular weight is 330 g/mol. The summed E-state index contributed by atoms with van der Waals surface area (Å²) >= 11 is 0. The molecule has 8 heteroatoms. The molecule has 3 heterocycles. The molecule has 8 nitrogen and oxygen atoms in total. The van der Waals surface area contributed by atoms with Crippen LogP contribution in [-0.2, 0) is 7.05 Å². The number of anilines is 1. The summed E-state index contributed by atoms with van der Waals surface area (Å²) in [5.41, 5.74) is 1.49. The number of aromatic nitrogens is 4. The molecule has 1 aliphatic heterocycles. The largest absolute Gasteiger partial charge is 0.481 e. The lowest BCUT2D eigenvalue weighted by Crippen LogP contribution is -2.43. The van der Waals surface area contributed by atoms with Crippen molar-refractivity contribution in [3.05, 3.63) is 29.8 Å². The number of methoxy groups -OCH3 is 1. The van der Waals surface area contributed by atoms with Crippen LogP contribution in [0.5, 0.6) is 5.88 Å². The number of aryl methyl sites for hydroxylation is 2. The molecular weight excluding hydrogens is 308 g/mol. The molecule has 2 aromatic rings. The summed E-state index contributed by atoms with van der Waals surface area (Å²) in [6.45, 7) is 3.31. The zero-order valence-corrected chi connectivity index (χ0v) is 14.2. The molecule has 2 aromatic heterocycles. The van der Waals surface area contributed by atoms with Gasteiger partial charge in [0.1, 0.15) is 17.8 Å². The van der Waals surface area contributed by atoms with E-state index < -0.39 is 0 Å². The third-order valence-electron chi connectivity index (χ3n) is 4.21. The normalized spacial score (nSPS) is 15.4. The maximum absolute atomic E-state index is 12.6. The van der Waals surface area contributed by atoms with Gasteiger partial charge in [0.15, 0.2) is 0 Å². The maximum atomic E-state index is 12.6. The second-order valence-electron chi connectivity index (χ2n) is 5.95. The van der Waals surface area contributed by atoms with Gasteiger partial charge in [-0.05, 0) is 25.8 Å². The summed E-state index contributed by atoms with van der Waals surface area (Å²) in [5.74, 6) is 1.32. The molecule has 0 aliphatic carbocycles. The van der Waals surface area contributed by atoms with Gasteiger partial charge in [-0.1, -0.05) is 0 Å². The Bertz CT molecular complexity index is 721. The Labute approximate surface area is 140 Å². The lowest BCUT2D eigenvalue weighted by molar-refractivity contribution is 0.0707. The third-order valence-corrected chi connectivity index (χ3v) is 4.21. The highest BCUT2D eigenvalue weighted by Crippen LogP contribution is 2.19. The van der Waals surface area contributed by atoms with E-state index in [-0.39, 0.29) is 11.9 Å². The average Bonchev–Trinajstić information content (AvgIpc) is 2.93. The Kier molecular flexibility index (Phi) is 4.64. The number of rotatable bonds is 4. The summed E-state index contributed by atoms with van der Waals surface area (Å²) in [5, 5.41) is 7.63. The highest BCUT2D eigenvalue weighted by Gasteiger charge is 2.25. The van der Waals surface area contributed by atoms with Crippen LogP contribution in [0.2, 0.25) is 0 Å². The van der Waals surface area contributed by atoms with Crippen LogP contribution in [0.15, 0.2) is 18.5 Å². The number of carbonyl (C=O) groups excluding carboxylic acids is 1. The first-order valence-corrected chi connectivity index (χ1v) is 7.99. The second-order valence-corrected chi connectivity index (χ2v) is 5.95. The van der Waals surface area contributed by atoms with Crippen LogP contribution in [0.25, 0.3) is 0 Å². The quantitative estimate of drug-likeness (QED) is 0.908. The Morgan fingerprint density at radius 2 is 2.04 bits per heavy atom. The molecule has 0 aromatic carbocycles. The van der Waals surface area contributed by atoms with E-state index in [0.29, 0.717) is 24.7 Å². The number of hydrogen-bond acceptors (Lipinski definition) is 6. The van der Waals surface area contributed by atoms with Crippen LogP contribution < -0.4 is 10.1 Å². The number of piperidine rings is 1. The van der Waals surface area contributed by atoms with Crippen LogP contribution >= 0.6 is 0 Å². The molecule has 0 saturated carbocycles. The van der Waals surface area contributed by atoms with Crippen LogP contribution in [0.1, 0.15) is 29.0 Å². The molecule has 1 fully saturated rings. The van der Waals surface area contributed by atoms with E-state index >= 15 is 0 Å². The monoisotopic (exact) mass is 330 g/mol. The molecule has 3 rings (SSSR count). The van der Waals surface area contributed by atoms with Gasteiger partial charge in [0.25, 0.3) is 5.91 Å². The van der Waals surface area contributed by atoms with Gasteiger partial charge in [0.05, 0.1) is 12.8 Å². The summed E-state index contributed by atoms with van der Waals surface area (Å²) in [6, 6.07) is 3.89. The molecule has 1 amide bonds. The highest BCUT2D eigenvalue weighted by molar-refractivity contribution is 5.92. The van der Waals surface area contributed by atoms with E-state index in [9.17, 15) is 4.79 Å². The van der Waals surface area contributed by atoms with E-state index in [0.717, 1.165) is 24.4 Å². The predicted octanol–water partition coefficient (Wildman–Crippen LogP) is 1.24. The van der Waals surface area contributed by atoms with Crippen molar-refractivity contribution in [1.29, 1.82) is 0 Å². The van der Waals surface area contributed by atoms with Crippen LogP contribution in [0.4, 0.5) is 5.82 Å². The summed E-state index contributed by atoms with van der Waals surface area (Å²) in [4.78, 5) is 22.7. The smallest absolute Gasteiger partial charge is 0.272 e. The van der Waals surface area contributed by atoms with Crippen LogP contribution in [0, 0.1) is 6.92 Å². The fraction of sp³-hybridized carbons (Fsp3) is 0.500. The minimum atomic E-state index is 0.0419. The van der Waals surface area contributed by atoms with Gasteiger partial charge in [-0.3, -0.25) is 9.48 Å². The molecule has 0 radical (unpaired) electrons. The molecule has 0 unspecified atom stereocenters. The van der Waals surface area contributed by atoms with Gasteiger partial charge >= 0.3 is 0 Å². The molecule has 1 saturated heterocycles. The number of amides is 1. The summed E-state index contributed by atoms with van der Waals surface area (Å²) in [7, 11) is 3.38. The molecular formula is C16H22N6O2. The number of hydrogen-bond donors (Lipinski definition) is 1. The molecule has 1 aliphatic rings. The third kappa shape index (κ3) is 3.47. The van der Waals surface area contributed by atoms with Crippen molar-refractivity contribution in [3.8, 4) is 5.88 Å². The summed E-state index contributed by atoms with van der Waals surface area (Å²) in [6.07, 6.45) is 3.22. The van der Waals surface area contributed by atoms with Gasteiger partial charge in [-0.15, -0.1) is 0 Å². The topological polar surface area (TPSA) is 85.2 Å². The van der Waals surface area contributed by atoms with Crippen LogP contribution in [0.3, 0.4) is 0 Å². The first-order valence-electron chi connectivity index (χ1n) is 7.99. The van der Waals surface area contributed by atoms with E-state index in [1.54, 1.807) is 24.9 Å². The molecule has 0 atom stereocenters. The molecule has 0 spiro atoms. The fourth-order valence-corrected chi connectivity index (χ4v) is 2.94. The minimum Gasteiger partial charge on any atom is -0.481 e. The predicted molar refractivity (Wildman–Crippen MR) is 89.1 cm³/mol. The number of nitrogens with one attached hydrogen (secondary N) is 1. The number of carbonyl (C=O) groups is 1. The van der Waals surface area contributed by atoms with Crippen molar-refractivity contribution in [2.24, 2.45) is 7.05 Å². The fourth-order valence-electron chi connectivity index (χ4n) is 2.94. The highest BCUT2D eigenvalue weighted by atomic mass is 16.5. The van der Waals surface area contributed by atoms with Crippen molar-refractivity contribution in [1.82, 2.24) is 24.6 Å². The second kappa shape index (κ2) is 6.86. The Balaban J connectivity index is 1.57. The van der Waals surface area contributed by atoms with E-state index in [1.807, 2.05) is 17.9 Å². The van der Waals surface area contributed by atoms with Crippen molar-refractivity contribution >= 4 is 11.7 Å². The molecule has 1 N–H and O–H groups in total. The minimum absolute atomic E-state index is 0.0419. The van der Waals surface area contributed by atoms with Gasteiger partial charge < -0.3 is 15.0 Å². The number of nitrogens with zero attached hydrogens (tertiary/aromatic N) is 5. The van der Waals surface area contributed by atoms with Gasteiger partial charge in [0.2, 0.25) is 5.88 Å². The Hall–Kier alpha value is -2.64. The first kappa shape index (κ1) is 16.2. The maximum Gasteiger partial charge on any atom is 0.272 e. The Morgan fingerprint density at radius 3 is 2.67 bits per heavy atom. The zero-order valence-electron chi connectivity index (χ0n) is 14.2. The summed E-state index contributed by atoms with van der Waals surface area (Å²) < 4.78 is 6.75. The Morgan fingerprint density at radius 1 is 1.29 bits per heavy atom. The lowest BCUT2D eigenvalue weighted by atomic mass is 10.0. The van der Waals surface area contributed by atoms with Gasteiger partial charge in [-0.25, -0.2) is 9.97 Å². The van der Waals surface area contributed by atoms with E-state index in [2.05, 4.69) is 20.4 Å². The standard InChI is InChI=1S/C16H22N6O2/c1-11-8-13(21(2)20-11)16(23)22-6-4-12(5-7-22)19-14-9-15(24-3)18-10-17-14/h8-10,12H,4-7H2,1-3H3,(H,17,18,19). The van der Waals surface area contributed by atoms with Crippen molar-refractivity contribution in [2.75, 3.05) is 25.5 Å².